The SMILES string of the molecule is COS(=O)(=O)[C@@H](c1ccccc1)C1CCOCC1. The van der Waals surface area contributed by atoms with Crippen LogP contribution >= 0.6 is 0 Å². The maximum absolute atomic E-state index is 12.1. The van der Waals surface area contributed by atoms with E-state index in [1.165, 1.54) is 7.11 Å². The van der Waals surface area contributed by atoms with Crippen molar-refractivity contribution >= 4 is 10.1 Å². The van der Waals surface area contributed by atoms with E-state index in [0.29, 0.717) is 13.2 Å². The Morgan fingerprint density at radius 2 is 1.83 bits per heavy atom. The zero-order valence-electron chi connectivity index (χ0n) is 10.4. The van der Waals surface area contributed by atoms with Crippen LogP contribution in [0.25, 0.3) is 0 Å². The van der Waals surface area contributed by atoms with E-state index in [0.717, 1.165) is 18.4 Å². The van der Waals surface area contributed by atoms with Crippen molar-refractivity contribution in [2.24, 2.45) is 5.92 Å². The molecule has 0 N–H and O–H groups in total. The molecule has 2 rings (SSSR count). The van der Waals surface area contributed by atoms with Crippen LogP contribution in [0.3, 0.4) is 0 Å². The zero-order valence-corrected chi connectivity index (χ0v) is 11.2. The summed E-state index contributed by atoms with van der Waals surface area (Å²) in [7, 11) is -2.34. The summed E-state index contributed by atoms with van der Waals surface area (Å²) in [6.45, 7) is 1.24. The molecule has 0 aromatic heterocycles. The van der Waals surface area contributed by atoms with Crippen LogP contribution in [0, 0.1) is 5.92 Å². The van der Waals surface area contributed by atoms with Crippen LogP contribution in [0.2, 0.25) is 0 Å². The average Bonchev–Trinajstić information content (AvgIpc) is 2.41. The van der Waals surface area contributed by atoms with Gasteiger partial charge in [0.1, 0.15) is 5.25 Å². The summed E-state index contributed by atoms with van der Waals surface area (Å²) in [6.07, 6.45) is 1.50. The normalized spacial score (nSPS) is 19.6. The molecule has 0 spiro atoms. The Hall–Kier alpha value is -0.910. The standard InChI is InChI=1S/C13H18O4S/c1-16-18(14,15)13(11-5-3-2-4-6-11)12-7-9-17-10-8-12/h2-6,12-13H,7-10H2,1H3/t13-/m0/s1. The predicted molar refractivity (Wildman–Crippen MR) is 68.7 cm³/mol. The van der Waals surface area contributed by atoms with Crippen molar-refractivity contribution in [2.75, 3.05) is 20.3 Å². The lowest BCUT2D eigenvalue weighted by Crippen LogP contribution is -2.28. The Kier molecular flexibility index (Phi) is 4.37. The van der Waals surface area contributed by atoms with Crippen molar-refractivity contribution in [1.82, 2.24) is 0 Å². The lowest BCUT2D eigenvalue weighted by Gasteiger charge is -2.29. The highest BCUT2D eigenvalue weighted by Crippen LogP contribution is 2.36. The van der Waals surface area contributed by atoms with Crippen molar-refractivity contribution in [1.29, 1.82) is 0 Å². The van der Waals surface area contributed by atoms with Crippen LogP contribution in [-0.2, 0) is 19.0 Å². The van der Waals surface area contributed by atoms with Crippen molar-refractivity contribution in [2.45, 2.75) is 18.1 Å². The fourth-order valence-electron chi connectivity index (χ4n) is 2.44. The topological polar surface area (TPSA) is 52.6 Å². The Bertz CT molecular complexity index is 463. The Balaban J connectivity index is 2.34. The molecule has 1 aliphatic heterocycles. The van der Waals surface area contributed by atoms with Crippen LogP contribution < -0.4 is 0 Å². The van der Waals surface area contributed by atoms with Gasteiger partial charge in [0.05, 0.1) is 7.11 Å². The molecule has 1 aliphatic rings. The molecule has 1 atom stereocenters. The maximum atomic E-state index is 12.1. The van der Waals surface area contributed by atoms with Gasteiger partial charge in [-0.1, -0.05) is 30.3 Å². The molecule has 1 aromatic carbocycles. The van der Waals surface area contributed by atoms with Gasteiger partial charge >= 0.3 is 0 Å². The van der Waals surface area contributed by atoms with Gasteiger partial charge in [-0.05, 0) is 24.3 Å². The second-order valence-corrected chi connectivity index (χ2v) is 6.27. The highest BCUT2D eigenvalue weighted by molar-refractivity contribution is 7.87. The van der Waals surface area contributed by atoms with E-state index < -0.39 is 15.4 Å². The fraction of sp³-hybridized carbons (Fsp3) is 0.538. The van der Waals surface area contributed by atoms with Gasteiger partial charge < -0.3 is 4.74 Å². The van der Waals surface area contributed by atoms with E-state index in [2.05, 4.69) is 0 Å². The Morgan fingerprint density at radius 1 is 1.22 bits per heavy atom. The summed E-state index contributed by atoms with van der Waals surface area (Å²) >= 11 is 0. The smallest absolute Gasteiger partial charge is 0.274 e. The molecule has 100 valence electrons. The van der Waals surface area contributed by atoms with Crippen LogP contribution in [0.1, 0.15) is 23.7 Å². The number of rotatable bonds is 4. The van der Waals surface area contributed by atoms with Crippen molar-refractivity contribution in [3.63, 3.8) is 0 Å². The molecular weight excluding hydrogens is 252 g/mol. The minimum absolute atomic E-state index is 0.0612. The summed E-state index contributed by atoms with van der Waals surface area (Å²) < 4.78 is 34.3. The van der Waals surface area contributed by atoms with Gasteiger partial charge in [0.25, 0.3) is 10.1 Å². The van der Waals surface area contributed by atoms with E-state index in [4.69, 9.17) is 8.92 Å². The van der Waals surface area contributed by atoms with E-state index in [1.807, 2.05) is 30.3 Å². The highest BCUT2D eigenvalue weighted by Gasteiger charge is 2.35. The molecule has 18 heavy (non-hydrogen) atoms. The Morgan fingerprint density at radius 3 is 2.39 bits per heavy atom. The second-order valence-electron chi connectivity index (χ2n) is 4.44. The molecular formula is C13H18O4S. The van der Waals surface area contributed by atoms with Crippen LogP contribution in [0.15, 0.2) is 30.3 Å². The first-order valence-corrected chi connectivity index (χ1v) is 7.54. The van der Waals surface area contributed by atoms with Gasteiger partial charge in [0.2, 0.25) is 0 Å². The van der Waals surface area contributed by atoms with Gasteiger partial charge in [-0.15, -0.1) is 0 Å². The van der Waals surface area contributed by atoms with E-state index in [-0.39, 0.29) is 5.92 Å². The largest absolute Gasteiger partial charge is 0.381 e. The van der Waals surface area contributed by atoms with Gasteiger partial charge in [-0.2, -0.15) is 8.42 Å². The summed E-state index contributed by atoms with van der Waals surface area (Å²) in [5.41, 5.74) is 0.797. The lowest BCUT2D eigenvalue weighted by molar-refractivity contribution is 0.0640. The van der Waals surface area contributed by atoms with E-state index in [1.54, 1.807) is 0 Å². The first kappa shape index (κ1) is 13.5. The van der Waals surface area contributed by atoms with Crippen molar-refractivity contribution in [3.05, 3.63) is 35.9 Å². The number of benzene rings is 1. The molecule has 1 heterocycles. The van der Waals surface area contributed by atoms with Crippen molar-refractivity contribution in [3.8, 4) is 0 Å². The molecule has 0 aliphatic carbocycles. The maximum Gasteiger partial charge on any atom is 0.274 e. The molecule has 1 saturated heterocycles. The molecule has 0 radical (unpaired) electrons. The molecule has 0 unspecified atom stereocenters. The van der Waals surface area contributed by atoms with Gasteiger partial charge in [0, 0.05) is 13.2 Å². The van der Waals surface area contributed by atoms with Crippen LogP contribution in [0.5, 0.6) is 0 Å². The number of hydrogen-bond donors (Lipinski definition) is 0. The molecule has 1 fully saturated rings. The molecule has 1 aromatic rings. The molecule has 0 amide bonds. The Labute approximate surface area is 108 Å². The van der Waals surface area contributed by atoms with Crippen LogP contribution in [-0.4, -0.2) is 28.7 Å². The third-order valence-electron chi connectivity index (χ3n) is 3.37. The zero-order chi connectivity index (χ0) is 13.0. The molecule has 5 heteroatoms. The first-order valence-electron chi connectivity index (χ1n) is 6.07. The van der Waals surface area contributed by atoms with Gasteiger partial charge in [-0.3, -0.25) is 4.18 Å². The minimum atomic E-state index is -3.57. The summed E-state index contributed by atoms with van der Waals surface area (Å²) in [4.78, 5) is 0. The average molecular weight is 270 g/mol. The summed E-state index contributed by atoms with van der Waals surface area (Å²) in [5.74, 6) is 0.0612. The quantitative estimate of drug-likeness (QED) is 0.786. The minimum Gasteiger partial charge on any atom is -0.381 e. The summed E-state index contributed by atoms with van der Waals surface area (Å²) in [6, 6.07) is 9.27. The van der Waals surface area contributed by atoms with Crippen molar-refractivity contribution < 1.29 is 17.3 Å². The predicted octanol–water partition coefficient (Wildman–Crippen LogP) is 2.13. The summed E-state index contributed by atoms with van der Waals surface area (Å²) in [5, 5.41) is -0.590. The first-order chi connectivity index (χ1) is 8.65. The lowest BCUT2D eigenvalue weighted by atomic mass is 9.92. The molecule has 0 bridgehead atoms. The van der Waals surface area contributed by atoms with E-state index >= 15 is 0 Å². The van der Waals surface area contributed by atoms with Gasteiger partial charge in [0.15, 0.2) is 0 Å². The third-order valence-corrected chi connectivity index (χ3v) is 5.11. The van der Waals surface area contributed by atoms with Crippen LogP contribution in [0.4, 0.5) is 0 Å². The molecule has 4 nitrogen and oxygen atoms in total. The second kappa shape index (κ2) is 5.82. The fourth-order valence-corrected chi connectivity index (χ4v) is 3.88. The molecule has 0 saturated carbocycles. The highest BCUT2D eigenvalue weighted by atomic mass is 32.2. The third kappa shape index (κ3) is 2.91. The number of hydrogen-bond acceptors (Lipinski definition) is 4. The van der Waals surface area contributed by atoms with Gasteiger partial charge in [-0.25, -0.2) is 0 Å². The monoisotopic (exact) mass is 270 g/mol. The van der Waals surface area contributed by atoms with E-state index in [9.17, 15) is 8.42 Å². The number of ether oxygens (including phenoxy) is 1.